The fourth-order valence-corrected chi connectivity index (χ4v) is 6.44. The van der Waals surface area contributed by atoms with Crippen molar-refractivity contribution in [2.75, 3.05) is 6.54 Å². The van der Waals surface area contributed by atoms with E-state index in [-0.39, 0.29) is 36.1 Å². The number of carbonyl (C=O) groups excluding carboxylic acids is 2. The van der Waals surface area contributed by atoms with Crippen molar-refractivity contribution < 1.29 is 27.5 Å². The average molecular weight is 599 g/mol. The summed E-state index contributed by atoms with van der Waals surface area (Å²) in [6.07, 6.45) is 8.55. The molecule has 0 saturated heterocycles. The number of hydrogen-bond acceptors (Lipinski definition) is 6. The lowest BCUT2D eigenvalue weighted by Crippen LogP contribution is -2.51. The highest BCUT2D eigenvalue weighted by Crippen LogP contribution is 2.38. The first-order valence-corrected chi connectivity index (χ1v) is 15.4. The molecule has 0 aromatic heterocycles. The monoisotopic (exact) mass is 598 g/mol. The van der Waals surface area contributed by atoms with Crippen LogP contribution in [0.15, 0.2) is 76.3 Å². The smallest absolute Gasteiger partial charge is 0.243 e. The van der Waals surface area contributed by atoms with Crippen molar-refractivity contribution >= 4 is 28.6 Å². The summed E-state index contributed by atoms with van der Waals surface area (Å²) in [5.74, 6) is -1.43. The maximum absolute atomic E-state index is 13.9. The first kappa shape index (κ1) is 32.7. The molecule has 2 amide bonds. The number of nitrogens with one attached hydrogen (secondary N) is 3. The van der Waals surface area contributed by atoms with Gasteiger partial charge in [-0.05, 0) is 93.1 Å². The van der Waals surface area contributed by atoms with Gasteiger partial charge in [-0.2, -0.15) is 0 Å². The molecular weight excluding hydrogens is 559 g/mol. The zero-order chi connectivity index (χ0) is 30.7. The second-order valence-corrected chi connectivity index (χ2v) is 12.0. The third-order valence-electron chi connectivity index (χ3n) is 7.19. The Labute approximate surface area is 247 Å². The van der Waals surface area contributed by atoms with Crippen LogP contribution >= 0.6 is 0 Å². The number of rotatable bonds is 14. The van der Waals surface area contributed by atoms with Crippen molar-refractivity contribution in [1.82, 2.24) is 15.4 Å². The molecular formula is C31H39FN4O5S. The lowest BCUT2D eigenvalue weighted by atomic mass is 9.76. The molecule has 0 bridgehead atoms. The second-order valence-electron chi connectivity index (χ2n) is 10.3. The summed E-state index contributed by atoms with van der Waals surface area (Å²) in [7, 11) is -4.01. The van der Waals surface area contributed by atoms with E-state index in [1.165, 1.54) is 25.1 Å². The minimum Gasteiger partial charge on any atom is -0.508 e. The molecule has 2 aromatic rings. The van der Waals surface area contributed by atoms with E-state index in [9.17, 15) is 27.5 Å². The van der Waals surface area contributed by atoms with E-state index in [0.29, 0.717) is 38.5 Å². The van der Waals surface area contributed by atoms with Crippen LogP contribution in [0.25, 0.3) is 0 Å². The number of aryl methyl sites for hydroxylation is 1. The van der Waals surface area contributed by atoms with Crippen molar-refractivity contribution in [3.63, 3.8) is 0 Å². The average Bonchev–Trinajstić information content (AvgIpc) is 2.93. The fourth-order valence-electron chi connectivity index (χ4n) is 5.29. The van der Waals surface area contributed by atoms with E-state index in [1.807, 2.05) is 25.1 Å². The van der Waals surface area contributed by atoms with E-state index in [4.69, 9.17) is 0 Å². The molecule has 3 atom stereocenters. The number of sulfonamides is 1. The van der Waals surface area contributed by atoms with Gasteiger partial charge in [-0.25, -0.2) is 17.5 Å². The number of benzene rings is 2. The Kier molecular flexibility index (Phi) is 12.0. The van der Waals surface area contributed by atoms with E-state index in [0.717, 1.165) is 22.8 Å². The van der Waals surface area contributed by atoms with Crippen LogP contribution in [0.5, 0.6) is 5.75 Å². The number of fused-ring (bicyclic) bond motifs is 1. The minimum atomic E-state index is -4.01. The molecule has 1 aliphatic carbocycles. The highest BCUT2D eigenvalue weighted by atomic mass is 32.2. The lowest BCUT2D eigenvalue weighted by molar-refractivity contribution is -0.129. The maximum atomic E-state index is 13.9. The Balaban J connectivity index is 1.68. The van der Waals surface area contributed by atoms with Crippen LogP contribution in [-0.4, -0.2) is 50.7 Å². The zero-order valence-corrected chi connectivity index (χ0v) is 24.8. The summed E-state index contributed by atoms with van der Waals surface area (Å²) < 4.78 is 41.1. The predicted octanol–water partition coefficient (Wildman–Crippen LogP) is 4.25. The highest BCUT2D eigenvalue weighted by molar-refractivity contribution is 7.89. The Morgan fingerprint density at radius 2 is 1.98 bits per heavy atom. The van der Waals surface area contributed by atoms with E-state index in [1.54, 1.807) is 18.3 Å². The third kappa shape index (κ3) is 9.09. The van der Waals surface area contributed by atoms with Crippen LogP contribution in [0.2, 0.25) is 0 Å². The number of aliphatic imine (C=N–C) groups is 1. The number of amides is 2. The van der Waals surface area contributed by atoms with Crippen LogP contribution < -0.4 is 15.4 Å². The van der Waals surface area contributed by atoms with E-state index in [2.05, 4.69) is 27.1 Å². The SMILES string of the molecule is C=N/C=C(\C=C/C)CC1c2ccc(O)cc2CC[C@@H]1NC(=O)[C@H](CCCCNS(=O)(=O)c1ccccc1F)NC(C)=O. The van der Waals surface area contributed by atoms with Crippen molar-refractivity contribution in [2.45, 2.75) is 75.3 Å². The molecule has 1 unspecified atom stereocenters. The molecule has 0 heterocycles. The van der Waals surface area contributed by atoms with Gasteiger partial charge in [0.25, 0.3) is 0 Å². The Morgan fingerprint density at radius 3 is 2.67 bits per heavy atom. The van der Waals surface area contributed by atoms with E-state index < -0.39 is 26.8 Å². The van der Waals surface area contributed by atoms with Gasteiger partial charge in [0.2, 0.25) is 21.8 Å². The minimum absolute atomic E-state index is 0.0524. The van der Waals surface area contributed by atoms with Crippen molar-refractivity contribution in [3.8, 4) is 5.75 Å². The fraction of sp³-hybridized carbons (Fsp3) is 0.387. The Hall–Kier alpha value is -3.83. The van der Waals surface area contributed by atoms with Gasteiger partial charge in [-0.3, -0.25) is 14.6 Å². The summed E-state index contributed by atoms with van der Waals surface area (Å²) >= 11 is 0. The summed E-state index contributed by atoms with van der Waals surface area (Å²) in [6.45, 7) is 6.87. The molecule has 0 radical (unpaired) electrons. The normalized spacial score (nSPS) is 17.8. The lowest BCUT2D eigenvalue weighted by Gasteiger charge is -2.35. The molecule has 0 saturated carbocycles. The summed E-state index contributed by atoms with van der Waals surface area (Å²) in [6, 6.07) is 9.37. The molecule has 0 spiro atoms. The molecule has 0 fully saturated rings. The van der Waals surface area contributed by atoms with Crippen LogP contribution in [0.1, 0.15) is 63.0 Å². The number of hydrogen-bond donors (Lipinski definition) is 4. The first-order valence-electron chi connectivity index (χ1n) is 14.0. The van der Waals surface area contributed by atoms with Gasteiger partial charge in [-0.1, -0.05) is 30.4 Å². The number of phenolic OH excluding ortho intramolecular Hbond substituents is 1. The highest BCUT2D eigenvalue weighted by Gasteiger charge is 2.33. The van der Waals surface area contributed by atoms with Gasteiger partial charge >= 0.3 is 0 Å². The van der Waals surface area contributed by atoms with Crippen molar-refractivity contribution in [2.24, 2.45) is 4.99 Å². The molecule has 226 valence electrons. The number of aromatic hydroxyl groups is 1. The summed E-state index contributed by atoms with van der Waals surface area (Å²) in [5, 5.41) is 15.9. The number of halogens is 1. The third-order valence-corrected chi connectivity index (χ3v) is 8.68. The number of phenols is 1. The molecule has 4 N–H and O–H groups in total. The summed E-state index contributed by atoms with van der Waals surface area (Å²) in [5.41, 5.74) is 2.99. The zero-order valence-electron chi connectivity index (χ0n) is 24.0. The van der Waals surface area contributed by atoms with Crippen molar-refractivity contribution in [3.05, 3.63) is 83.3 Å². The molecule has 9 nitrogen and oxygen atoms in total. The summed E-state index contributed by atoms with van der Waals surface area (Å²) in [4.78, 5) is 28.9. The molecule has 42 heavy (non-hydrogen) atoms. The molecule has 11 heteroatoms. The van der Waals surface area contributed by atoms with Crippen LogP contribution in [-0.2, 0) is 26.0 Å². The van der Waals surface area contributed by atoms with Gasteiger partial charge in [-0.15, -0.1) is 0 Å². The van der Waals surface area contributed by atoms with Gasteiger partial charge in [0.05, 0.1) is 0 Å². The van der Waals surface area contributed by atoms with Gasteiger partial charge in [0, 0.05) is 31.6 Å². The number of nitrogens with zero attached hydrogens (tertiary/aromatic N) is 1. The van der Waals surface area contributed by atoms with Crippen LogP contribution in [0, 0.1) is 5.82 Å². The standard InChI is InChI=1S/C31H39FN4O5S/c1-4-9-22(20-33-3)18-26-25-15-14-24(38)19-23(25)13-16-28(26)36-31(39)29(35-21(2)37)11-7-8-17-34-42(40,41)30-12-6-5-10-27(30)32/h4-6,9-10,12,14-15,19-20,26,28-29,34,38H,3,7-8,11,13,16-18H2,1-2H3,(H,35,37)(H,36,39)/b9-4-,22-20+/t26?,28-,29-/m0/s1. The van der Waals surface area contributed by atoms with E-state index >= 15 is 0 Å². The Bertz CT molecular complexity index is 1440. The van der Waals surface area contributed by atoms with Gasteiger partial charge in [0.1, 0.15) is 22.5 Å². The number of unbranched alkanes of at least 4 members (excludes halogenated alkanes) is 1. The Morgan fingerprint density at radius 1 is 1.21 bits per heavy atom. The molecule has 0 aliphatic heterocycles. The van der Waals surface area contributed by atoms with Gasteiger partial charge in [0.15, 0.2) is 0 Å². The quantitative estimate of drug-likeness (QED) is 0.146. The molecule has 2 aromatic carbocycles. The van der Waals surface area contributed by atoms with Gasteiger partial charge < -0.3 is 15.7 Å². The maximum Gasteiger partial charge on any atom is 0.243 e. The number of allylic oxidation sites excluding steroid dienone is 3. The first-order chi connectivity index (χ1) is 20.1. The molecule has 3 rings (SSSR count). The van der Waals surface area contributed by atoms with Crippen LogP contribution in [0.4, 0.5) is 4.39 Å². The largest absolute Gasteiger partial charge is 0.508 e. The van der Waals surface area contributed by atoms with Crippen molar-refractivity contribution in [1.29, 1.82) is 0 Å². The van der Waals surface area contributed by atoms with Crippen LogP contribution in [0.3, 0.4) is 0 Å². The predicted molar refractivity (Wildman–Crippen MR) is 161 cm³/mol. The molecule has 1 aliphatic rings. The second kappa shape index (κ2) is 15.4. The number of carbonyl (C=O) groups is 2. The topological polar surface area (TPSA) is 137 Å².